The highest BCUT2D eigenvalue weighted by Gasteiger charge is 2.32. The normalized spacial score (nSPS) is 11.5. The zero-order valence-electron chi connectivity index (χ0n) is 15.6. The monoisotopic (exact) mass is 426 g/mol. The van der Waals surface area contributed by atoms with E-state index in [0.717, 1.165) is 5.56 Å². The molecule has 0 amide bonds. The van der Waals surface area contributed by atoms with Crippen molar-refractivity contribution in [3.8, 4) is 0 Å². The Morgan fingerprint density at radius 1 is 0.800 bits per heavy atom. The van der Waals surface area contributed by atoms with Gasteiger partial charge < -0.3 is 4.57 Å². The second kappa shape index (κ2) is 8.80. The molecule has 0 saturated heterocycles. The van der Waals surface area contributed by atoms with Crippen LogP contribution < -0.4 is 15.9 Å². The molecule has 30 heavy (non-hydrogen) atoms. The van der Waals surface area contributed by atoms with Crippen LogP contribution in [0.1, 0.15) is 5.56 Å². The highest BCUT2D eigenvalue weighted by Crippen LogP contribution is 2.43. The summed E-state index contributed by atoms with van der Waals surface area (Å²) in [5.74, 6) is 0. The van der Waals surface area contributed by atoms with Gasteiger partial charge in [0.1, 0.15) is 0 Å². The average molecular weight is 426 g/mol. The summed E-state index contributed by atoms with van der Waals surface area (Å²) in [6.07, 6.45) is 2.11. The van der Waals surface area contributed by atoms with E-state index < -0.39 is 17.0 Å². The SMILES string of the molecule is O=[N+]([O-])c1cccc(P(=O)(c2ccc(CC=CF)cc2)c2cccc([N+](=O)[O-])c2)c1. The van der Waals surface area contributed by atoms with Crippen LogP contribution in [0.25, 0.3) is 0 Å². The lowest BCUT2D eigenvalue weighted by atomic mass is 10.1. The van der Waals surface area contributed by atoms with Crippen LogP contribution in [0.2, 0.25) is 0 Å². The standard InChI is InChI=1S/C21H16FN2O5P/c22-13-3-4-16-9-11-19(12-10-16)30(29,20-7-1-5-17(14-20)23(25)26)21-8-2-6-18(15-21)24(27)28/h1-3,5-15H,4H2. The molecule has 152 valence electrons. The second-order valence-corrected chi connectivity index (χ2v) is 9.16. The molecular formula is C21H16FN2O5P. The number of nitro groups is 2. The van der Waals surface area contributed by atoms with E-state index in [4.69, 9.17) is 0 Å². The van der Waals surface area contributed by atoms with Crippen LogP contribution >= 0.6 is 7.14 Å². The zero-order chi connectivity index (χ0) is 21.7. The van der Waals surface area contributed by atoms with Gasteiger partial charge in [0.25, 0.3) is 11.4 Å². The number of hydrogen-bond acceptors (Lipinski definition) is 5. The summed E-state index contributed by atoms with van der Waals surface area (Å²) in [7, 11) is -3.66. The number of nitro benzene ring substituents is 2. The molecule has 0 aliphatic rings. The molecule has 3 aromatic rings. The molecule has 3 rings (SSSR count). The Morgan fingerprint density at radius 3 is 1.73 bits per heavy atom. The van der Waals surface area contributed by atoms with Crippen molar-refractivity contribution in [2.24, 2.45) is 0 Å². The summed E-state index contributed by atoms with van der Waals surface area (Å²) < 4.78 is 26.6. The fourth-order valence-corrected chi connectivity index (χ4v) is 5.76. The minimum atomic E-state index is -3.66. The van der Waals surface area contributed by atoms with Crippen LogP contribution in [0.5, 0.6) is 0 Å². The molecule has 0 aliphatic carbocycles. The molecule has 0 unspecified atom stereocenters. The lowest BCUT2D eigenvalue weighted by Crippen LogP contribution is -2.25. The van der Waals surface area contributed by atoms with Gasteiger partial charge in [0.05, 0.1) is 16.2 Å². The summed E-state index contributed by atoms with van der Waals surface area (Å²) in [4.78, 5) is 21.3. The van der Waals surface area contributed by atoms with Gasteiger partial charge in [-0.15, -0.1) is 0 Å². The van der Waals surface area contributed by atoms with Crippen LogP contribution in [-0.4, -0.2) is 9.85 Å². The van der Waals surface area contributed by atoms with E-state index in [1.165, 1.54) is 54.6 Å². The van der Waals surface area contributed by atoms with Crippen molar-refractivity contribution < 1.29 is 18.8 Å². The van der Waals surface area contributed by atoms with Gasteiger partial charge in [0, 0.05) is 40.2 Å². The van der Waals surface area contributed by atoms with E-state index in [1.54, 1.807) is 24.3 Å². The fraction of sp³-hybridized carbons (Fsp3) is 0.0476. The molecule has 0 saturated carbocycles. The summed E-state index contributed by atoms with van der Waals surface area (Å²) >= 11 is 0. The van der Waals surface area contributed by atoms with Gasteiger partial charge in [0.2, 0.25) is 0 Å². The first-order chi connectivity index (χ1) is 14.4. The lowest BCUT2D eigenvalue weighted by Gasteiger charge is -2.20. The molecule has 0 aromatic heterocycles. The summed E-state index contributed by atoms with van der Waals surface area (Å²) in [5.41, 5.74) is 0.308. The van der Waals surface area contributed by atoms with E-state index in [-0.39, 0.29) is 22.0 Å². The van der Waals surface area contributed by atoms with Gasteiger partial charge in [-0.05, 0) is 12.0 Å². The van der Waals surface area contributed by atoms with E-state index in [1.807, 2.05) is 0 Å². The molecule has 9 heteroatoms. The summed E-state index contributed by atoms with van der Waals surface area (Å²) in [6, 6.07) is 17.4. The number of halogens is 1. The maximum Gasteiger partial charge on any atom is 0.270 e. The molecule has 0 heterocycles. The maximum absolute atomic E-state index is 14.4. The molecule has 3 aromatic carbocycles. The molecule has 0 spiro atoms. The van der Waals surface area contributed by atoms with Crippen molar-refractivity contribution >= 4 is 34.4 Å². The predicted molar refractivity (Wildman–Crippen MR) is 113 cm³/mol. The Labute approximate surface area is 171 Å². The Kier molecular flexibility index (Phi) is 6.18. The van der Waals surface area contributed by atoms with E-state index in [2.05, 4.69) is 0 Å². The van der Waals surface area contributed by atoms with E-state index in [9.17, 15) is 29.2 Å². The highest BCUT2D eigenvalue weighted by atomic mass is 31.2. The third-order valence-corrected chi connectivity index (χ3v) is 7.59. The van der Waals surface area contributed by atoms with Crippen LogP contribution in [0.4, 0.5) is 15.8 Å². The van der Waals surface area contributed by atoms with Crippen molar-refractivity contribution in [3.05, 3.63) is 111 Å². The van der Waals surface area contributed by atoms with E-state index in [0.29, 0.717) is 18.1 Å². The predicted octanol–water partition coefficient (Wildman–Crippen LogP) is 4.17. The van der Waals surface area contributed by atoms with Crippen LogP contribution in [0.3, 0.4) is 0 Å². The number of allylic oxidation sites excluding steroid dienone is 1. The Balaban J connectivity index is 2.22. The lowest BCUT2D eigenvalue weighted by molar-refractivity contribution is -0.384. The number of rotatable bonds is 7. The van der Waals surface area contributed by atoms with Crippen LogP contribution in [-0.2, 0) is 11.0 Å². The summed E-state index contributed by atoms with van der Waals surface area (Å²) in [5, 5.41) is 23.2. The van der Waals surface area contributed by atoms with Gasteiger partial charge in [0.15, 0.2) is 7.14 Å². The zero-order valence-corrected chi connectivity index (χ0v) is 16.4. The van der Waals surface area contributed by atoms with Gasteiger partial charge >= 0.3 is 0 Å². The fourth-order valence-electron chi connectivity index (χ4n) is 3.07. The Morgan fingerprint density at radius 2 is 1.30 bits per heavy atom. The largest absolute Gasteiger partial charge is 0.309 e. The van der Waals surface area contributed by atoms with Crippen molar-refractivity contribution in [2.75, 3.05) is 0 Å². The molecule has 0 atom stereocenters. The van der Waals surface area contributed by atoms with Crippen molar-refractivity contribution in [1.82, 2.24) is 0 Å². The quantitative estimate of drug-likeness (QED) is 0.321. The molecule has 7 nitrogen and oxygen atoms in total. The molecule has 0 N–H and O–H groups in total. The van der Waals surface area contributed by atoms with Crippen LogP contribution in [0, 0.1) is 20.2 Å². The Hall–Kier alpha value is -3.64. The molecular weight excluding hydrogens is 410 g/mol. The molecule has 0 fully saturated rings. The van der Waals surface area contributed by atoms with E-state index >= 15 is 0 Å². The van der Waals surface area contributed by atoms with Crippen molar-refractivity contribution in [2.45, 2.75) is 6.42 Å². The number of benzene rings is 3. The second-order valence-electron chi connectivity index (χ2n) is 6.40. The third-order valence-electron chi connectivity index (χ3n) is 4.55. The first kappa shape index (κ1) is 21.1. The van der Waals surface area contributed by atoms with Crippen molar-refractivity contribution in [1.29, 1.82) is 0 Å². The smallest absolute Gasteiger partial charge is 0.270 e. The van der Waals surface area contributed by atoms with Gasteiger partial charge in [-0.1, -0.05) is 54.6 Å². The molecule has 0 radical (unpaired) electrons. The maximum atomic E-state index is 14.4. The molecule has 0 aliphatic heterocycles. The first-order valence-electron chi connectivity index (χ1n) is 8.81. The average Bonchev–Trinajstić information content (AvgIpc) is 2.77. The first-order valence-corrected chi connectivity index (χ1v) is 10.5. The van der Waals surface area contributed by atoms with Gasteiger partial charge in [-0.25, -0.2) is 4.39 Å². The molecule has 0 bridgehead atoms. The topological polar surface area (TPSA) is 103 Å². The number of non-ortho nitro benzene ring substituents is 2. The summed E-state index contributed by atoms with van der Waals surface area (Å²) in [6.45, 7) is 0. The van der Waals surface area contributed by atoms with Gasteiger partial charge in [-0.2, -0.15) is 0 Å². The van der Waals surface area contributed by atoms with Gasteiger partial charge in [-0.3, -0.25) is 20.2 Å². The minimum Gasteiger partial charge on any atom is -0.309 e. The van der Waals surface area contributed by atoms with Crippen molar-refractivity contribution in [3.63, 3.8) is 0 Å². The third kappa shape index (κ3) is 4.18. The van der Waals surface area contributed by atoms with Crippen LogP contribution in [0.15, 0.2) is 85.2 Å². The number of nitrogens with zero attached hydrogens (tertiary/aromatic N) is 2. The Bertz CT molecular complexity index is 1120. The number of hydrogen-bond donors (Lipinski definition) is 0. The minimum absolute atomic E-state index is 0.189. The highest BCUT2D eigenvalue weighted by molar-refractivity contribution is 7.85.